The fraction of sp³-hybridized carbons (Fsp3) is 0. The van der Waals surface area contributed by atoms with E-state index in [1.54, 1.807) is 12.1 Å². The van der Waals surface area contributed by atoms with E-state index in [9.17, 15) is 0 Å². The van der Waals surface area contributed by atoms with Gasteiger partial charge in [-0.05, 0) is 28.1 Å². The normalized spacial score (nSPS) is 10.2. The molecule has 1 aromatic heterocycles. The Morgan fingerprint density at radius 3 is 2.75 bits per heavy atom. The third-order valence-electron chi connectivity index (χ3n) is 1.85. The molecular weight excluding hydrogens is 313 g/mol. The number of nitrogens with one attached hydrogen (secondary N) is 1. The summed E-state index contributed by atoms with van der Waals surface area (Å²) in [4.78, 5) is 7.83. The van der Waals surface area contributed by atoms with E-state index >= 15 is 0 Å². The molecular formula is C10H6BrCl2N3. The molecule has 0 aliphatic heterocycles. The average Bonchev–Trinajstić information content (AvgIpc) is 2.25. The van der Waals surface area contributed by atoms with Gasteiger partial charge in [0.25, 0.3) is 0 Å². The van der Waals surface area contributed by atoms with Crippen molar-refractivity contribution in [3.8, 4) is 0 Å². The van der Waals surface area contributed by atoms with Crippen LogP contribution in [0.1, 0.15) is 0 Å². The van der Waals surface area contributed by atoms with Gasteiger partial charge in [0.05, 0.1) is 15.2 Å². The van der Waals surface area contributed by atoms with Crippen LogP contribution in [0.2, 0.25) is 10.2 Å². The summed E-state index contributed by atoms with van der Waals surface area (Å²) in [6, 6.07) is 7.16. The van der Waals surface area contributed by atoms with Gasteiger partial charge in [0.15, 0.2) is 0 Å². The Morgan fingerprint density at radius 2 is 2.00 bits per heavy atom. The molecule has 1 aromatic carbocycles. The number of hydrogen-bond donors (Lipinski definition) is 1. The molecule has 6 heteroatoms. The summed E-state index contributed by atoms with van der Waals surface area (Å²) in [5.41, 5.74) is 0.822. The molecule has 0 unspecified atom stereocenters. The van der Waals surface area contributed by atoms with E-state index in [2.05, 4.69) is 31.2 Å². The van der Waals surface area contributed by atoms with Crippen LogP contribution < -0.4 is 5.32 Å². The van der Waals surface area contributed by atoms with Gasteiger partial charge in [0.1, 0.15) is 17.3 Å². The number of aromatic nitrogens is 2. The van der Waals surface area contributed by atoms with E-state index in [-0.39, 0.29) is 0 Å². The van der Waals surface area contributed by atoms with Crippen molar-refractivity contribution in [3.63, 3.8) is 0 Å². The van der Waals surface area contributed by atoms with Crippen LogP contribution in [-0.4, -0.2) is 9.97 Å². The maximum atomic E-state index is 5.97. The van der Waals surface area contributed by atoms with Gasteiger partial charge in [0, 0.05) is 6.07 Å². The molecule has 1 heterocycles. The zero-order chi connectivity index (χ0) is 11.5. The zero-order valence-corrected chi connectivity index (χ0v) is 11.0. The number of nitrogens with zero attached hydrogens (tertiary/aromatic N) is 2. The Morgan fingerprint density at radius 1 is 1.19 bits per heavy atom. The van der Waals surface area contributed by atoms with Crippen molar-refractivity contribution in [2.75, 3.05) is 5.32 Å². The minimum Gasteiger partial charge on any atom is -0.339 e. The molecule has 0 saturated carbocycles. The summed E-state index contributed by atoms with van der Waals surface area (Å²) in [6.07, 6.45) is 1.39. The molecule has 0 aliphatic rings. The Labute approximate surface area is 111 Å². The van der Waals surface area contributed by atoms with Gasteiger partial charge >= 0.3 is 0 Å². The first-order valence-electron chi connectivity index (χ1n) is 4.35. The second-order valence-corrected chi connectivity index (χ2v) is 4.54. The summed E-state index contributed by atoms with van der Waals surface area (Å²) in [5, 5.41) is 4.10. The summed E-state index contributed by atoms with van der Waals surface area (Å²) < 4.78 is 0.784. The second kappa shape index (κ2) is 4.99. The van der Waals surface area contributed by atoms with Gasteiger partial charge in [-0.25, -0.2) is 9.97 Å². The number of hydrogen-bond acceptors (Lipinski definition) is 3. The summed E-state index contributed by atoms with van der Waals surface area (Å²) in [7, 11) is 0. The number of benzene rings is 1. The van der Waals surface area contributed by atoms with E-state index in [0.717, 1.165) is 10.2 Å². The van der Waals surface area contributed by atoms with Crippen LogP contribution in [0, 0.1) is 0 Å². The predicted octanol–water partition coefficient (Wildman–Crippen LogP) is 4.29. The minimum atomic E-state index is 0.385. The highest BCUT2D eigenvalue weighted by Crippen LogP contribution is 2.31. The summed E-state index contributed by atoms with van der Waals surface area (Å²) >= 11 is 15.1. The summed E-state index contributed by atoms with van der Waals surface area (Å²) in [6.45, 7) is 0. The highest BCUT2D eigenvalue weighted by atomic mass is 79.9. The Kier molecular flexibility index (Phi) is 3.63. The molecule has 0 fully saturated rings. The molecule has 0 saturated heterocycles. The minimum absolute atomic E-state index is 0.385. The van der Waals surface area contributed by atoms with Gasteiger partial charge in [0.2, 0.25) is 0 Å². The van der Waals surface area contributed by atoms with Crippen molar-refractivity contribution in [2.45, 2.75) is 0 Å². The van der Waals surface area contributed by atoms with Crippen LogP contribution >= 0.6 is 39.1 Å². The number of halogens is 3. The molecule has 0 bridgehead atoms. The van der Waals surface area contributed by atoms with Crippen LogP contribution in [0.25, 0.3) is 0 Å². The largest absolute Gasteiger partial charge is 0.339 e. The second-order valence-electron chi connectivity index (χ2n) is 2.95. The highest BCUT2D eigenvalue weighted by molar-refractivity contribution is 9.10. The highest BCUT2D eigenvalue weighted by Gasteiger charge is 2.04. The fourth-order valence-electron chi connectivity index (χ4n) is 1.14. The third kappa shape index (κ3) is 2.64. The van der Waals surface area contributed by atoms with E-state index in [1.165, 1.54) is 6.33 Å². The van der Waals surface area contributed by atoms with Gasteiger partial charge in [-0.15, -0.1) is 0 Å². The average molecular weight is 319 g/mol. The van der Waals surface area contributed by atoms with Gasteiger partial charge < -0.3 is 5.32 Å². The number of rotatable bonds is 2. The van der Waals surface area contributed by atoms with Crippen molar-refractivity contribution in [1.82, 2.24) is 9.97 Å². The van der Waals surface area contributed by atoms with Gasteiger partial charge in [-0.1, -0.05) is 29.3 Å². The molecule has 82 valence electrons. The Bertz CT molecular complexity index is 519. The molecule has 2 aromatic rings. The lowest BCUT2D eigenvalue weighted by Crippen LogP contribution is -1.95. The molecule has 16 heavy (non-hydrogen) atoms. The van der Waals surface area contributed by atoms with Crippen molar-refractivity contribution in [1.29, 1.82) is 0 Å². The van der Waals surface area contributed by atoms with Crippen LogP contribution in [-0.2, 0) is 0 Å². The van der Waals surface area contributed by atoms with Crippen LogP contribution in [0.4, 0.5) is 11.5 Å². The fourth-order valence-corrected chi connectivity index (χ4v) is 1.83. The molecule has 2 rings (SSSR count). The number of anilines is 2. The zero-order valence-electron chi connectivity index (χ0n) is 7.92. The van der Waals surface area contributed by atoms with Crippen molar-refractivity contribution in [2.24, 2.45) is 0 Å². The van der Waals surface area contributed by atoms with Gasteiger partial charge in [-0.3, -0.25) is 0 Å². The Hall–Kier alpha value is -0.840. The first-order valence-corrected chi connectivity index (χ1v) is 5.90. The molecule has 0 radical (unpaired) electrons. The van der Waals surface area contributed by atoms with E-state index in [4.69, 9.17) is 23.2 Å². The predicted molar refractivity (Wildman–Crippen MR) is 69.5 cm³/mol. The lowest BCUT2D eigenvalue weighted by molar-refractivity contribution is 1.17. The molecule has 0 spiro atoms. The lowest BCUT2D eigenvalue weighted by Gasteiger charge is -2.08. The third-order valence-corrected chi connectivity index (χ3v) is 3.45. The molecule has 3 nitrogen and oxygen atoms in total. The lowest BCUT2D eigenvalue weighted by atomic mass is 10.3. The van der Waals surface area contributed by atoms with Crippen LogP contribution in [0.3, 0.4) is 0 Å². The maximum absolute atomic E-state index is 5.97. The van der Waals surface area contributed by atoms with Crippen molar-refractivity contribution in [3.05, 3.63) is 45.2 Å². The standard InChI is InChI=1S/C10H6BrCl2N3/c11-10-6(12)2-1-3-7(10)16-9-4-8(13)14-5-15-9/h1-5H,(H,14,15,16). The maximum Gasteiger partial charge on any atom is 0.135 e. The monoisotopic (exact) mass is 317 g/mol. The van der Waals surface area contributed by atoms with E-state index in [1.807, 2.05) is 12.1 Å². The van der Waals surface area contributed by atoms with Gasteiger partial charge in [-0.2, -0.15) is 0 Å². The molecule has 0 aliphatic carbocycles. The topological polar surface area (TPSA) is 37.8 Å². The van der Waals surface area contributed by atoms with E-state index in [0.29, 0.717) is 16.0 Å². The van der Waals surface area contributed by atoms with Crippen LogP contribution in [0.5, 0.6) is 0 Å². The molecule has 0 amide bonds. The van der Waals surface area contributed by atoms with Crippen molar-refractivity contribution < 1.29 is 0 Å². The van der Waals surface area contributed by atoms with E-state index < -0.39 is 0 Å². The SMILES string of the molecule is Clc1cc(Nc2cccc(Cl)c2Br)ncn1. The first kappa shape index (κ1) is 11.6. The van der Waals surface area contributed by atoms with Crippen LogP contribution in [0.15, 0.2) is 35.1 Å². The first-order chi connectivity index (χ1) is 7.66. The smallest absolute Gasteiger partial charge is 0.135 e. The van der Waals surface area contributed by atoms with Crippen molar-refractivity contribution >= 4 is 50.6 Å². The Balaban J connectivity index is 2.31. The quantitative estimate of drug-likeness (QED) is 0.839. The summed E-state index contributed by atoms with van der Waals surface area (Å²) in [5.74, 6) is 0.614. The molecule has 1 N–H and O–H groups in total. The molecule has 0 atom stereocenters.